The third-order valence-corrected chi connectivity index (χ3v) is 6.93. The quantitative estimate of drug-likeness (QED) is 0.374. The summed E-state index contributed by atoms with van der Waals surface area (Å²) >= 11 is 0. The van der Waals surface area contributed by atoms with E-state index in [1.54, 1.807) is 6.92 Å². The number of para-hydroxylation sites is 1. The molecule has 0 radical (unpaired) electrons. The molecule has 0 saturated carbocycles. The number of piperazine rings is 1. The molecule has 0 spiro atoms. The molecule has 2 unspecified atom stereocenters. The van der Waals surface area contributed by atoms with E-state index in [2.05, 4.69) is 27.9 Å². The lowest BCUT2D eigenvalue weighted by Gasteiger charge is -2.30. The molecular weight excluding hydrogens is 470 g/mol. The van der Waals surface area contributed by atoms with Gasteiger partial charge in [0.15, 0.2) is 0 Å². The first-order valence-corrected chi connectivity index (χ1v) is 12.4. The second kappa shape index (κ2) is 10.9. The number of benzene rings is 2. The summed E-state index contributed by atoms with van der Waals surface area (Å²) < 4.78 is 0. The molecular formula is C28H33N5O4. The molecule has 4 N–H and O–H groups in total. The van der Waals surface area contributed by atoms with Crippen LogP contribution in [0, 0.1) is 20.8 Å². The topological polar surface area (TPSA) is 123 Å². The van der Waals surface area contributed by atoms with Crippen molar-refractivity contribution in [1.82, 2.24) is 25.8 Å². The standard InChI is InChI=1S/C28H33N5O4/c1-16-9-20(10-17(2)18(16)3)12-30-27(36)24(11-21-13-29-23-8-6-5-7-22(21)23)32-26(35)15-33-14-25(34)31-19(4)28(33)37/h5-10,13,19,24,29H,11-12,14-15H2,1-4H3,(H,30,36)(H,31,34)(H,32,35). The summed E-state index contributed by atoms with van der Waals surface area (Å²) in [6.07, 6.45) is 2.10. The van der Waals surface area contributed by atoms with Crippen LogP contribution in [0.25, 0.3) is 10.9 Å². The van der Waals surface area contributed by atoms with Gasteiger partial charge in [0.2, 0.25) is 23.6 Å². The molecule has 9 nitrogen and oxygen atoms in total. The fourth-order valence-electron chi connectivity index (χ4n) is 4.69. The van der Waals surface area contributed by atoms with Crippen molar-refractivity contribution in [2.45, 2.75) is 52.7 Å². The number of hydrogen-bond acceptors (Lipinski definition) is 4. The smallest absolute Gasteiger partial charge is 0.245 e. The van der Waals surface area contributed by atoms with E-state index in [1.165, 1.54) is 10.5 Å². The summed E-state index contributed by atoms with van der Waals surface area (Å²) in [6.45, 7) is 7.55. The lowest BCUT2D eigenvalue weighted by Crippen LogP contribution is -2.59. The molecule has 194 valence electrons. The molecule has 9 heteroatoms. The maximum absolute atomic E-state index is 13.3. The number of fused-ring (bicyclic) bond motifs is 1. The minimum absolute atomic E-state index is 0.192. The van der Waals surface area contributed by atoms with E-state index in [-0.39, 0.29) is 37.2 Å². The van der Waals surface area contributed by atoms with Gasteiger partial charge in [-0.1, -0.05) is 30.3 Å². The van der Waals surface area contributed by atoms with Crippen molar-refractivity contribution in [1.29, 1.82) is 0 Å². The second-order valence-corrected chi connectivity index (χ2v) is 9.74. The van der Waals surface area contributed by atoms with Gasteiger partial charge in [0, 0.05) is 30.1 Å². The third-order valence-electron chi connectivity index (χ3n) is 6.93. The highest BCUT2D eigenvalue weighted by molar-refractivity contribution is 5.97. The van der Waals surface area contributed by atoms with Gasteiger partial charge in [-0.15, -0.1) is 0 Å². The predicted molar refractivity (Wildman–Crippen MR) is 141 cm³/mol. The highest BCUT2D eigenvalue weighted by Gasteiger charge is 2.32. The number of amides is 4. The highest BCUT2D eigenvalue weighted by Crippen LogP contribution is 2.20. The van der Waals surface area contributed by atoms with Gasteiger partial charge in [0.1, 0.15) is 25.2 Å². The first-order valence-electron chi connectivity index (χ1n) is 12.4. The number of nitrogens with one attached hydrogen (secondary N) is 4. The summed E-state index contributed by atoms with van der Waals surface area (Å²) in [7, 11) is 0. The molecule has 2 atom stereocenters. The van der Waals surface area contributed by atoms with Crippen molar-refractivity contribution in [2.75, 3.05) is 13.1 Å². The Balaban J connectivity index is 1.50. The molecule has 1 aliphatic rings. The number of carbonyl (C=O) groups is 4. The Bertz CT molecular complexity index is 1340. The zero-order valence-electron chi connectivity index (χ0n) is 21.6. The zero-order valence-corrected chi connectivity index (χ0v) is 21.6. The third kappa shape index (κ3) is 5.99. The SMILES string of the molecule is Cc1cc(CNC(=O)C(Cc2c[nH]c3ccccc23)NC(=O)CN2CC(=O)NC(C)C2=O)cc(C)c1C. The molecule has 4 rings (SSSR count). The number of rotatable bonds is 8. The van der Waals surface area contributed by atoms with Crippen molar-refractivity contribution in [3.8, 4) is 0 Å². The van der Waals surface area contributed by atoms with Gasteiger partial charge in [-0.3, -0.25) is 19.2 Å². The molecule has 1 aromatic heterocycles. The van der Waals surface area contributed by atoms with Crippen LogP contribution in [0.15, 0.2) is 42.6 Å². The van der Waals surface area contributed by atoms with Gasteiger partial charge in [-0.25, -0.2) is 0 Å². The first kappa shape index (κ1) is 25.9. The number of aromatic amines is 1. The first-order chi connectivity index (χ1) is 17.6. The van der Waals surface area contributed by atoms with Gasteiger partial charge >= 0.3 is 0 Å². The van der Waals surface area contributed by atoms with Crippen LogP contribution in [-0.4, -0.2) is 58.7 Å². The lowest BCUT2D eigenvalue weighted by atomic mass is 10.0. The van der Waals surface area contributed by atoms with Gasteiger partial charge in [-0.05, 0) is 61.6 Å². The minimum Gasteiger partial charge on any atom is -0.361 e. The van der Waals surface area contributed by atoms with E-state index < -0.39 is 18.0 Å². The van der Waals surface area contributed by atoms with Gasteiger partial charge < -0.3 is 25.8 Å². The van der Waals surface area contributed by atoms with E-state index in [9.17, 15) is 19.2 Å². The molecule has 0 bridgehead atoms. The maximum atomic E-state index is 13.3. The number of aryl methyl sites for hydroxylation is 2. The van der Waals surface area contributed by atoms with Crippen LogP contribution in [0.1, 0.15) is 34.7 Å². The van der Waals surface area contributed by atoms with Crippen LogP contribution in [0.2, 0.25) is 0 Å². The molecule has 2 heterocycles. The van der Waals surface area contributed by atoms with Crippen LogP contribution in [-0.2, 0) is 32.1 Å². The van der Waals surface area contributed by atoms with Gasteiger partial charge in [-0.2, -0.15) is 0 Å². The normalized spacial score (nSPS) is 16.4. The van der Waals surface area contributed by atoms with Crippen LogP contribution in [0.3, 0.4) is 0 Å². The maximum Gasteiger partial charge on any atom is 0.245 e. The van der Waals surface area contributed by atoms with E-state index in [0.29, 0.717) is 6.54 Å². The van der Waals surface area contributed by atoms with Crippen LogP contribution in [0.4, 0.5) is 0 Å². The molecule has 37 heavy (non-hydrogen) atoms. The van der Waals surface area contributed by atoms with Crippen molar-refractivity contribution in [2.24, 2.45) is 0 Å². The predicted octanol–water partition coefficient (Wildman–Crippen LogP) is 1.78. The number of H-pyrrole nitrogens is 1. The Morgan fingerprint density at radius 2 is 1.81 bits per heavy atom. The summed E-state index contributed by atoms with van der Waals surface area (Å²) in [5.74, 6) is -1.49. The number of hydrogen-bond donors (Lipinski definition) is 4. The van der Waals surface area contributed by atoms with Crippen LogP contribution < -0.4 is 16.0 Å². The second-order valence-electron chi connectivity index (χ2n) is 9.74. The fraction of sp³-hybridized carbons (Fsp3) is 0.357. The van der Waals surface area contributed by atoms with E-state index in [0.717, 1.165) is 33.2 Å². The van der Waals surface area contributed by atoms with E-state index in [1.807, 2.05) is 56.4 Å². The Morgan fingerprint density at radius 3 is 2.54 bits per heavy atom. The summed E-state index contributed by atoms with van der Waals surface area (Å²) in [4.78, 5) is 55.0. The molecule has 2 aromatic carbocycles. The number of aromatic nitrogens is 1. The zero-order chi connectivity index (χ0) is 26.7. The molecule has 1 aliphatic heterocycles. The average molecular weight is 504 g/mol. The van der Waals surface area contributed by atoms with E-state index in [4.69, 9.17) is 0 Å². The molecule has 1 fully saturated rings. The van der Waals surface area contributed by atoms with Crippen LogP contribution >= 0.6 is 0 Å². The summed E-state index contributed by atoms with van der Waals surface area (Å²) in [5, 5.41) is 9.27. The summed E-state index contributed by atoms with van der Waals surface area (Å²) in [5.41, 5.74) is 6.32. The Kier molecular flexibility index (Phi) is 7.61. The number of nitrogens with zero attached hydrogens (tertiary/aromatic N) is 1. The van der Waals surface area contributed by atoms with E-state index >= 15 is 0 Å². The number of carbonyl (C=O) groups excluding carboxylic acids is 4. The summed E-state index contributed by atoms with van der Waals surface area (Å²) in [6, 6.07) is 10.3. The lowest BCUT2D eigenvalue weighted by molar-refractivity contribution is -0.146. The Hall–Kier alpha value is -4.14. The molecule has 3 aromatic rings. The molecule has 4 amide bonds. The highest BCUT2D eigenvalue weighted by atomic mass is 16.2. The monoisotopic (exact) mass is 503 g/mol. The Labute approximate surface area is 216 Å². The molecule has 1 saturated heterocycles. The largest absolute Gasteiger partial charge is 0.361 e. The van der Waals surface area contributed by atoms with Crippen molar-refractivity contribution in [3.63, 3.8) is 0 Å². The minimum atomic E-state index is -0.870. The van der Waals surface area contributed by atoms with Crippen LogP contribution in [0.5, 0.6) is 0 Å². The molecule has 0 aliphatic carbocycles. The average Bonchev–Trinajstić information content (AvgIpc) is 3.26. The fourth-order valence-corrected chi connectivity index (χ4v) is 4.69. The van der Waals surface area contributed by atoms with Crippen molar-refractivity contribution in [3.05, 3.63) is 70.4 Å². The Morgan fingerprint density at radius 1 is 1.11 bits per heavy atom. The van der Waals surface area contributed by atoms with Crippen molar-refractivity contribution < 1.29 is 19.2 Å². The van der Waals surface area contributed by atoms with Crippen molar-refractivity contribution >= 4 is 34.5 Å². The van der Waals surface area contributed by atoms with Gasteiger partial charge in [0.05, 0.1) is 0 Å². The van der Waals surface area contributed by atoms with Gasteiger partial charge in [0.25, 0.3) is 0 Å².